The number of nitrogens with two attached hydrogens (primary N) is 1. The summed E-state index contributed by atoms with van der Waals surface area (Å²) in [6.45, 7) is 1.73. The van der Waals surface area contributed by atoms with Crippen molar-refractivity contribution < 1.29 is 14.3 Å². The van der Waals surface area contributed by atoms with Crippen molar-refractivity contribution >= 4 is 21.7 Å². The number of carbonyl (C=O) groups excluding carboxylic acids is 1. The molecule has 0 unspecified atom stereocenters. The van der Waals surface area contributed by atoms with Crippen molar-refractivity contribution in [3.8, 4) is 11.5 Å². The smallest absolute Gasteiger partial charge is 0.168 e. The monoisotopic (exact) mass is 339 g/mol. The van der Waals surface area contributed by atoms with E-state index >= 15 is 0 Å². The molecule has 0 amide bonds. The van der Waals surface area contributed by atoms with Gasteiger partial charge in [0.15, 0.2) is 5.78 Å². The Morgan fingerprint density at radius 1 is 1.10 bits per heavy atom. The van der Waals surface area contributed by atoms with Crippen LogP contribution in [-0.4, -0.2) is 25.5 Å². The number of fused-ring (bicyclic) bond motifs is 2. The van der Waals surface area contributed by atoms with Crippen LogP contribution in [0.3, 0.4) is 0 Å². The summed E-state index contributed by atoms with van der Waals surface area (Å²) in [5, 5.41) is 0. The van der Waals surface area contributed by atoms with Gasteiger partial charge < -0.3 is 15.2 Å². The lowest BCUT2D eigenvalue weighted by molar-refractivity contribution is 0.0977. The minimum atomic E-state index is 0.0694. The first kappa shape index (κ1) is 13.9. The lowest BCUT2D eigenvalue weighted by atomic mass is 9.90. The second-order valence-corrected chi connectivity index (χ2v) is 5.96. The van der Waals surface area contributed by atoms with E-state index in [4.69, 9.17) is 15.2 Å². The maximum Gasteiger partial charge on any atom is 0.168 e. The Balaban J connectivity index is 2.21. The normalized spacial score (nSPS) is 16.7. The molecule has 5 heteroatoms. The van der Waals surface area contributed by atoms with Crippen LogP contribution in [0.2, 0.25) is 0 Å². The molecule has 0 spiro atoms. The average molecular weight is 340 g/mol. The van der Waals surface area contributed by atoms with Crippen molar-refractivity contribution in [1.29, 1.82) is 0 Å². The van der Waals surface area contributed by atoms with Crippen LogP contribution in [0.1, 0.15) is 40.7 Å². The summed E-state index contributed by atoms with van der Waals surface area (Å²) >= 11 is 3.63. The van der Waals surface area contributed by atoms with Crippen molar-refractivity contribution in [3.63, 3.8) is 0 Å². The molecular formula is C15H18BrNO3. The van der Waals surface area contributed by atoms with Crippen LogP contribution < -0.4 is 15.2 Å². The van der Waals surface area contributed by atoms with E-state index in [-0.39, 0.29) is 5.78 Å². The van der Waals surface area contributed by atoms with Gasteiger partial charge in [-0.25, -0.2) is 0 Å². The number of ketones is 1. The number of carbonyl (C=O) groups is 1. The van der Waals surface area contributed by atoms with E-state index in [1.165, 1.54) is 0 Å². The first-order valence-electron chi connectivity index (χ1n) is 7.10. The fourth-order valence-corrected chi connectivity index (χ4v) is 3.67. The highest BCUT2D eigenvalue weighted by atomic mass is 79.9. The molecule has 0 saturated heterocycles. The SMILES string of the molecule is NCCC(=O)c1c2c(c(Br)c3c1OCCC3)OCCC2. The second kappa shape index (κ2) is 5.74. The quantitative estimate of drug-likeness (QED) is 0.860. The van der Waals surface area contributed by atoms with Gasteiger partial charge >= 0.3 is 0 Å². The van der Waals surface area contributed by atoms with Crippen molar-refractivity contribution in [1.82, 2.24) is 0 Å². The number of hydrogen-bond donors (Lipinski definition) is 1. The van der Waals surface area contributed by atoms with Gasteiger partial charge in [0.1, 0.15) is 11.5 Å². The molecule has 108 valence electrons. The van der Waals surface area contributed by atoms with Gasteiger partial charge in [-0.3, -0.25) is 4.79 Å². The van der Waals surface area contributed by atoms with E-state index in [0.29, 0.717) is 31.7 Å². The van der Waals surface area contributed by atoms with Crippen molar-refractivity contribution in [2.75, 3.05) is 19.8 Å². The third-order valence-corrected chi connectivity index (χ3v) is 4.67. The van der Waals surface area contributed by atoms with E-state index in [9.17, 15) is 4.79 Å². The molecule has 1 aromatic rings. The minimum Gasteiger partial charge on any atom is -0.492 e. The van der Waals surface area contributed by atoms with Crippen LogP contribution in [-0.2, 0) is 12.8 Å². The summed E-state index contributed by atoms with van der Waals surface area (Å²) in [4.78, 5) is 12.5. The summed E-state index contributed by atoms with van der Waals surface area (Å²) in [6, 6.07) is 0. The fraction of sp³-hybridized carbons (Fsp3) is 0.533. The van der Waals surface area contributed by atoms with Crippen molar-refractivity contribution in [3.05, 3.63) is 21.2 Å². The second-order valence-electron chi connectivity index (χ2n) is 5.17. The van der Waals surface area contributed by atoms with Crippen molar-refractivity contribution in [2.45, 2.75) is 32.1 Å². The average Bonchev–Trinajstić information content (AvgIpc) is 2.48. The molecule has 0 atom stereocenters. The topological polar surface area (TPSA) is 61.6 Å². The molecule has 1 aromatic carbocycles. The molecule has 0 saturated carbocycles. The Kier molecular flexibility index (Phi) is 3.98. The fourth-order valence-electron chi connectivity index (χ4n) is 2.94. The standard InChI is InChI=1S/C15H18BrNO3/c16-13-10-4-2-7-19-14(10)12(11(18)5-6-17)9-3-1-8-20-15(9)13/h1-8,17H2. The van der Waals surface area contributed by atoms with Crippen LogP contribution in [0.25, 0.3) is 0 Å². The van der Waals surface area contributed by atoms with Gasteiger partial charge in [0.05, 0.1) is 23.2 Å². The molecule has 0 aromatic heterocycles. The Labute approximate surface area is 126 Å². The molecule has 3 rings (SSSR count). The number of rotatable bonds is 3. The molecule has 2 aliphatic heterocycles. The molecule has 0 aliphatic carbocycles. The van der Waals surface area contributed by atoms with E-state index in [2.05, 4.69) is 15.9 Å². The van der Waals surface area contributed by atoms with Crippen LogP contribution in [0.15, 0.2) is 4.47 Å². The molecule has 2 aliphatic rings. The maximum atomic E-state index is 12.5. The number of halogens is 1. The predicted octanol–water partition coefficient (Wildman–Crippen LogP) is 2.63. The first-order chi connectivity index (χ1) is 9.74. The number of benzene rings is 1. The Morgan fingerprint density at radius 3 is 2.45 bits per heavy atom. The van der Waals surface area contributed by atoms with Gasteiger partial charge in [-0.1, -0.05) is 0 Å². The molecule has 4 nitrogen and oxygen atoms in total. The highest BCUT2D eigenvalue weighted by Crippen LogP contribution is 2.46. The third-order valence-electron chi connectivity index (χ3n) is 3.83. The lowest BCUT2D eigenvalue weighted by Crippen LogP contribution is -2.21. The summed E-state index contributed by atoms with van der Waals surface area (Å²) < 4.78 is 12.6. The summed E-state index contributed by atoms with van der Waals surface area (Å²) in [7, 11) is 0. The number of Topliss-reactive ketones (excluding diaryl/α,β-unsaturated/α-hetero) is 1. The van der Waals surface area contributed by atoms with E-state index < -0.39 is 0 Å². The van der Waals surface area contributed by atoms with E-state index in [0.717, 1.165) is 52.8 Å². The molecular weight excluding hydrogens is 322 g/mol. The van der Waals surface area contributed by atoms with Crippen LogP contribution in [0.5, 0.6) is 11.5 Å². The molecule has 2 N–H and O–H groups in total. The summed E-state index contributed by atoms with van der Waals surface area (Å²) in [5.41, 5.74) is 8.31. The van der Waals surface area contributed by atoms with Gasteiger partial charge in [-0.2, -0.15) is 0 Å². The minimum absolute atomic E-state index is 0.0694. The zero-order chi connectivity index (χ0) is 14.1. The van der Waals surface area contributed by atoms with E-state index in [1.54, 1.807) is 0 Å². The third kappa shape index (κ3) is 2.23. The maximum absolute atomic E-state index is 12.5. The zero-order valence-corrected chi connectivity index (χ0v) is 12.9. The Hall–Kier alpha value is -1.07. The largest absolute Gasteiger partial charge is 0.492 e. The predicted molar refractivity (Wildman–Crippen MR) is 79.8 cm³/mol. The summed E-state index contributed by atoms with van der Waals surface area (Å²) in [5.74, 6) is 1.66. The molecule has 20 heavy (non-hydrogen) atoms. The highest BCUT2D eigenvalue weighted by molar-refractivity contribution is 9.10. The zero-order valence-electron chi connectivity index (χ0n) is 11.3. The van der Waals surface area contributed by atoms with Crippen LogP contribution >= 0.6 is 15.9 Å². The van der Waals surface area contributed by atoms with Gasteiger partial charge in [-0.15, -0.1) is 0 Å². The van der Waals surface area contributed by atoms with Gasteiger partial charge in [0.2, 0.25) is 0 Å². The summed E-state index contributed by atoms with van der Waals surface area (Å²) in [6.07, 6.45) is 4.02. The molecule has 2 heterocycles. The van der Waals surface area contributed by atoms with Crippen molar-refractivity contribution in [2.24, 2.45) is 5.73 Å². The Bertz CT molecular complexity index is 520. The lowest BCUT2D eigenvalue weighted by Gasteiger charge is -2.28. The molecule has 0 radical (unpaired) electrons. The van der Waals surface area contributed by atoms with Gasteiger partial charge in [0.25, 0.3) is 0 Å². The van der Waals surface area contributed by atoms with Crippen LogP contribution in [0, 0.1) is 0 Å². The van der Waals surface area contributed by atoms with Gasteiger partial charge in [-0.05, 0) is 48.2 Å². The number of hydrogen-bond acceptors (Lipinski definition) is 4. The first-order valence-corrected chi connectivity index (χ1v) is 7.89. The highest BCUT2D eigenvalue weighted by Gasteiger charge is 2.30. The Morgan fingerprint density at radius 2 is 1.75 bits per heavy atom. The van der Waals surface area contributed by atoms with Gasteiger partial charge in [0, 0.05) is 17.5 Å². The van der Waals surface area contributed by atoms with Crippen LogP contribution in [0.4, 0.5) is 0 Å². The van der Waals surface area contributed by atoms with E-state index in [1.807, 2.05) is 0 Å². The number of ether oxygens (including phenoxy) is 2. The molecule has 0 fully saturated rings. The molecule has 0 bridgehead atoms.